The maximum Gasteiger partial charge on any atom is 0.223 e. The van der Waals surface area contributed by atoms with Crippen LogP contribution in [0.4, 0.5) is 0 Å². The van der Waals surface area contributed by atoms with Crippen molar-refractivity contribution in [3.63, 3.8) is 0 Å². The zero-order valence-corrected chi connectivity index (χ0v) is 14.7. The second-order valence-electron chi connectivity index (χ2n) is 8.00. The van der Waals surface area contributed by atoms with Crippen LogP contribution >= 0.6 is 12.4 Å². The predicted octanol–water partition coefficient (Wildman–Crippen LogP) is 3.65. The summed E-state index contributed by atoms with van der Waals surface area (Å²) < 4.78 is 0. The van der Waals surface area contributed by atoms with Crippen molar-refractivity contribution in [1.29, 1.82) is 0 Å². The number of hydrogen-bond donors (Lipinski definition) is 2. The van der Waals surface area contributed by atoms with E-state index in [1.807, 2.05) is 0 Å². The number of rotatable bonds is 4. The highest BCUT2D eigenvalue weighted by molar-refractivity contribution is 5.85. The van der Waals surface area contributed by atoms with E-state index >= 15 is 0 Å². The lowest BCUT2D eigenvalue weighted by molar-refractivity contribution is -0.127. The molecule has 128 valence electrons. The van der Waals surface area contributed by atoms with E-state index in [1.165, 1.54) is 44.9 Å². The van der Waals surface area contributed by atoms with Crippen molar-refractivity contribution in [2.45, 2.75) is 83.2 Å². The van der Waals surface area contributed by atoms with Gasteiger partial charge >= 0.3 is 0 Å². The van der Waals surface area contributed by atoms with Crippen molar-refractivity contribution in [1.82, 2.24) is 5.32 Å². The van der Waals surface area contributed by atoms with Gasteiger partial charge in [0.05, 0.1) is 0 Å². The molecule has 3 fully saturated rings. The number of amides is 1. The van der Waals surface area contributed by atoms with Gasteiger partial charge in [0.25, 0.3) is 0 Å². The lowest BCUT2D eigenvalue weighted by Crippen LogP contribution is -2.54. The summed E-state index contributed by atoms with van der Waals surface area (Å²) in [6.07, 6.45) is 12.5. The molecule has 2 bridgehead atoms. The monoisotopic (exact) mass is 328 g/mol. The number of carbonyl (C=O) groups excluding carboxylic acids is 1. The fourth-order valence-electron chi connectivity index (χ4n) is 5.18. The van der Waals surface area contributed by atoms with E-state index in [2.05, 4.69) is 12.2 Å². The molecule has 3 aliphatic carbocycles. The fourth-order valence-corrected chi connectivity index (χ4v) is 5.18. The second-order valence-corrected chi connectivity index (χ2v) is 8.00. The van der Waals surface area contributed by atoms with E-state index in [0.29, 0.717) is 29.8 Å². The highest BCUT2D eigenvalue weighted by atomic mass is 35.5. The van der Waals surface area contributed by atoms with Crippen LogP contribution < -0.4 is 11.1 Å². The SMILES string of the molecule is CC(CC1CCCC1)C(=O)NC1C2CCCC1CC(N)C2.Cl. The molecule has 0 heterocycles. The van der Waals surface area contributed by atoms with Crippen LogP contribution in [-0.4, -0.2) is 18.0 Å². The fraction of sp³-hybridized carbons (Fsp3) is 0.944. The van der Waals surface area contributed by atoms with Crippen molar-refractivity contribution >= 4 is 18.3 Å². The Morgan fingerprint density at radius 2 is 1.68 bits per heavy atom. The van der Waals surface area contributed by atoms with Gasteiger partial charge in [-0.05, 0) is 49.9 Å². The van der Waals surface area contributed by atoms with E-state index in [1.54, 1.807) is 0 Å². The standard InChI is InChI=1S/C18H32N2O.ClH/c1-12(9-13-5-2-3-6-13)18(21)20-17-14-7-4-8-15(17)11-16(19)10-14;/h12-17H,2-11,19H2,1H3,(H,20,21);1H. The van der Waals surface area contributed by atoms with Gasteiger partial charge in [-0.1, -0.05) is 39.0 Å². The van der Waals surface area contributed by atoms with Crippen LogP contribution in [0.25, 0.3) is 0 Å². The minimum Gasteiger partial charge on any atom is -0.353 e. The minimum absolute atomic E-state index is 0. The molecule has 0 aliphatic heterocycles. The molecule has 0 radical (unpaired) electrons. The molecule has 0 aromatic heterocycles. The lowest BCUT2D eigenvalue weighted by atomic mass is 9.67. The number of nitrogens with two attached hydrogens (primary N) is 1. The van der Waals surface area contributed by atoms with Gasteiger partial charge in [0.1, 0.15) is 0 Å². The van der Waals surface area contributed by atoms with Crippen molar-refractivity contribution in [2.75, 3.05) is 0 Å². The molecule has 4 heteroatoms. The van der Waals surface area contributed by atoms with Crippen LogP contribution in [0.1, 0.15) is 71.1 Å². The summed E-state index contributed by atoms with van der Waals surface area (Å²) in [5.41, 5.74) is 6.17. The highest BCUT2D eigenvalue weighted by Crippen LogP contribution is 2.40. The van der Waals surface area contributed by atoms with E-state index in [4.69, 9.17) is 5.73 Å². The number of carbonyl (C=O) groups is 1. The molecule has 3 atom stereocenters. The quantitative estimate of drug-likeness (QED) is 0.827. The third kappa shape index (κ3) is 4.17. The molecule has 3 unspecified atom stereocenters. The number of nitrogens with one attached hydrogen (secondary N) is 1. The Kier molecular flexibility index (Phi) is 6.58. The molecule has 0 spiro atoms. The molecule has 0 aromatic carbocycles. The first-order valence-electron chi connectivity index (χ1n) is 9.19. The van der Waals surface area contributed by atoms with Crippen molar-refractivity contribution in [3.05, 3.63) is 0 Å². The molecule has 3 saturated carbocycles. The van der Waals surface area contributed by atoms with Crippen molar-refractivity contribution < 1.29 is 4.79 Å². The summed E-state index contributed by atoms with van der Waals surface area (Å²) in [4.78, 5) is 12.6. The summed E-state index contributed by atoms with van der Waals surface area (Å²) in [6.45, 7) is 2.12. The first-order valence-corrected chi connectivity index (χ1v) is 9.19. The molecule has 1 amide bonds. The molecule has 0 aromatic rings. The summed E-state index contributed by atoms with van der Waals surface area (Å²) in [6, 6.07) is 0.779. The number of hydrogen-bond acceptors (Lipinski definition) is 2. The molecular formula is C18H33ClN2O. The van der Waals surface area contributed by atoms with Crippen LogP contribution in [0.2, 0.25) is 0 Å². The van der Waals surface area contributed by atoms with Gasteiger partial charge in [0.15, 0.2) is 0 Å². The maximum atomic E-state index is 12.6. The highest BCUT2D eigenvalue weighted by Gasteiger charge is 2.40. The number of halogens is 1. The molecule has 22 heavy (non-hydrogen) atoms. The Hall–Kier alpha value is -0.280. The zero-order chi connectivity index (χ0) is 14.8. The van der Waals surface area contributed by atoms with Crippen LogP contribution in [0.3, 0.4) is 0 Å². The van der Waals surface area contributed by atoms with Gasteiger partial charge in [-0.25, -0.2) is 0 Å². The summed E-state index contributed by atoms with van der Waals surface area (Å²) in [7, 11) is 0. The lowest BCUT2D eigenvalue weighted by Gasteiger charge is -2.45. The maximum absolute atomic E-state index is 12.6. The van der Waals surface area contributed by atoms with Gasteiger partial charge in [0, 0.05) is 18.0 Å². The first kappa shape index (κ1) is 18.1. The molecule has 3 N–H and O–H groups in total. The molecule has 0 saturated heterocycles. The Bertz CT molecular complexity index is 356. The zero-order valence-electron chi connectivity index (χ0n) is 13.9. The van der Waals surface area contributed by atoms with Crippen LogP contribution in [0.15, 0.2) is 0 Å². The third-order valence-corrected chi connectivity index (χ3v) is 6.29. The van der Waals surface area contributed by atoms with Crippen LogP contribution in [0.5, 0.6) is 0 Å². The van der Waals surface area contributed by atoms with Crippen LogP contribution in [-0.2, 0) is 4.79 Å². The third-order valence-electron chi connectivity index (χ3n) is 6.29. The van der Waals surface area contributed by atoms with E-state index < -0.39 is 0 Å². The first-order chi connectivity index (χ1) is 10.1. The smallest absolute Gasteiger partial charge is 0.223 e. The molecule has 3 aliphatic rings. The molecule has 3 nitrogen and oxygen atoms in total. The molecular weight excluding hydrogens is 296 g/mol. The van der Waals surface area contributed by atoms with Crippen molar-refractivity contribution in [2.24, 2.45) is 29.4 Å². The Morgan fingerprint density at radius 3 is 2.27 bits per heavy atom. The van der Waals surface area contributed by atoms with Crippen LogP contribution in [0, 0.1) is 23.7 Å². The second kappa shape index (κ2) is 8.01. The van der Waals surface area contributed by atoms with Gasteiger partial charge in [-0.2, -0.15) is 0 Å². The molecule has 3 rings (SSSR count). The summed E-state index contributed by atoms with van der Waals surface area (Å²) in [5.74, 6) is 2.55. The average molecular weight is 329 g/mol. The topological polar surface area (TPSA) is 55.1 Å². The van der Waals surface area contributed by atoms with E-state index in [9.17, 15) is 4.79 Å². The van der Waals surface area contributed by atoms with Gasteiger partial charge in [-0.15, -0.1) is 12.4 Å². The summed E-state index contributed by atoms with van der Waals surface area (Å²) in [5, 5.41) is 3.42. The normalized spacial score (nSPS) is 36.5. The average Bonchev–Trinajstić information content (AvgIpc) is 2.92. The van der Waals surface area contributed by atoms with Gasteiger partial charge in [-0.3, -0.25) is 4.79 Å². The Morgan fingerprint density at radius 1 is 1.09 bits per heavy atom. The van der Waals surface area contributed by atoms with E-state index in [0.717, 1.165) is 25.2 Å². The van der Waals surface area contributed by atoms with Gasteiger partial charge < -0.3 is 11.1 Å². The largest absolute Gasteiger partial charge is 0.353 e. The van der Waals surface area contributed by atoms with Gasteiger partial charge in [0.2, 0.25) is 5.91 Å². The summed E-state index contributed by atoms with van der Waals surface area (Å²) >= 11 is 0. The Labute approximate surface area is 141 Å². The van der Waals surface area contributed by atoms with E-state index in [-0.39, 0.29) is 18.3 Å². The van der Waals surface area contributed by atoms with Crippen molar-refractivity contribution in [3.8, 4) is 0 Å². The minimum atomic E-state index is 0. The predicted molar refractivity (Wildman–Crippen MR) is 93.0 cm³/mol. The number of fused-ring (bicyclic) bond motifs is 2. The Balaban J connectivity index is 0.00000176.